The molecule has 0 aliphatic heterocycles. The van der Waals surface area contributed by atoms with E-state index >= 15 is 0 Å². The van der Waals surface area contributed by atoms with Crippen LogP contribution < -0.4 is 16.5 Å². The largest absolute Gasteiger partial charge is 0.443 e. The smallest absolute Gasteiger partial charge is 0.405 e. The van der Waals surface area contributed by atoms with Crippen molar-refractivity contribution in [2.45, 2.75) is 52.1 Å². The number of amides is 2. The van der Waals surface area contributed by atoms with E-state index in [9.17, 15) is 14.4 Å². The minimum absolute atomic E-state index is 0.0337. The van der Waals surface area contributed by atoms with Gasteiger partial charge in [0.25, 0.3) is 5.91 Å². The second-order valence-corrected chi connectivity index (χ2v) is 9.52. The molecule has 1 heterocycles. The molecule has 0 spiro atoms. The van der Waals surface area contributed by atoms with Gasteiger partial charge >= 0.3 is 6.09 Å². The molecule has 7 heteroatoms. The Balaban J connectivity index is 1.98. The number of carbonyl (C=O) groups excluding carboxylic acids is 2. The first-order valence-corrected chi connectivity index (χ1v) is 10.4. The number of pyridine rings is 1. The molecule has 0 atom stereocenters. The summed E-state index contributed by atoms with van der Waals surface area (Å²) in [5.41, 5.74) is 6.85. The van der Waals surface area contributed by atoms with Gasteiger partial charge in [0, 0.05) is 29.2 Å². The molecule has 4 N–H and O–H groups in total. The molecule has 7 nitrogen and oxygen atoms in total. The summed E-state index contributed by atoms with van der Waals surface area (Å²) in [6.07, 6.45) is 0.995. The summed E-state index contributed by atoms with van der Waals surface area (Å²) in [6.45, 7) is 9.66. The lowest BCUT2D eigenvalue weighted by Crippen LogP contribution is -2.33. The fraction of sp³-hybridized carbons (Fsp3) is 0.320. The summed E-state index contributed by atoms with van der Waals surface area (Å²) in [7, 11) is 0. The highest BCUT2D eigenvalue weighted by Crippen LogP contribution is 2.32. The van der Waals surface area contributed by atoms with E-state index < -0.39 is 17.6 Å². The standard InChI is InChI=1S/C25H29N3O4/c1-24(2,3)18-11-10-15(13-25(4,5)32-23(26)31)12-20(18)28-22(30)17-14-27-19-9-7-6-8-16(19)21(17)29/h6-12,14H,13H2,1-5H3,(H2,26,31)(H,27,29)(H,28,30). The molecule has 0 fully saturated rings. The van der Waals surface area contributed by atoms with E-state index in [1.54, 1.807) is 32.0 Å². The normalized spacial score (nSPS) is 11.9. The van der Waals surface area contributed by atoms with Crippen LogP contribution in [0, 0.1) is 0 Å². The van der Waals surface area contributed by atoms with Crippen molar-refractivity contribution >= 4 is 28.6 Å². The first-order valence-electron chi connectivity index (χ1n) is 10.4. The van der Waals surface area contributed by atoms with Crippen molar-refractivity contribution in [1.29, 1.82) is 0 Å². The SMILES string of the molecule is CC(C)(Cc1ccc(C(C)(C)C)c(NC(=O)c2c[nH]c3ccccc3c2=O)c1)OC(N)=O. The molecule has 0 bridgehead atoms. The van der Waals surface area contributed by atoms with Crippen molar-refractivity contribution in [2.24, 2.45) is 5.73 Å². The number of aromatic amines is 1. The van der Waals surface area contributed by atoms with Crippen LogP contribution in [0.15, 0.2) is 53.5 Å². The fourth-order valence-electron chi connectivity index (χ4n) is 3.78. The van der Waals surface area contributed by atoms with E-state index in [2.05, 4.69) is 10.3 Å². The molecule has 3 aromatic rings. The van der Waals surface area contributed by atoms with Crippen LogP contribution in [0.1, 0.15) is 56.1 Å². The van der Waals surface area contributed by atoms with Gasteiger partial charge in [-0.3, -0.25) is 9.59 Å². The molecule has 2 aromatic carbocycles. The van der Waals surface area contributed by atoms with Gasteiger partial charge in [0.2, 0.25) is 5.43 Å². The van der Waals surface area contributed by atoms with Crippen molar-refractivity contribution in [3.8, 4) is 0 Å². The van der Waals surface area contributed by atoms with E-state index in [1.807, 2.05) is 45.0 Å². The van der Waals surface area contributed by atoms with Crippen LogP contribution in [0.3, 0.4) is 0 Å². The summed E-state index contributed by atoms with van der Waals surface area (Å²) in [6, 6.07) is 12.8. The first-order chi connectivity index (χ1) is 14.9. The van der Waals surface area contributed by atoms with Gasteiger partial charge in [0.05, 0.1) is 0 Å². The number of carbonyl (C=O) groups is 2. The molecule has 32 heavy (non-hydrogen) atoms. The number of anilines is 1. The topological polar surface area (TPSA) is 114 Å². The van der Waals surface area contributed by atoms with E-state index in [0.717, 1.165) is 11.1 Å². The van der Waals surface area contributed by atoms with Gasteiger partial charge in [-0.05, 0) is 48.6 Å². The van der Waals surface area contributed by atoms with E-state index in [1.165, 1.54) is 6.20 Å². The van der Waals surface area contributed by atoms with Crippen LogP contribution in [-0.2, 0) is 16.6 Å². The molecule has 0 radical (unpaired) electrons. The van der Waals surface area contributed by atoms with Gasteiger partial charge in [0.15, 0.2) is 0 Å². The lowest BCUT2D eigenvalue weighted by Gasteiger charge is -2.27. The molecule has 0 aliphatic rings. The Kier molecular flexibility index (Phi) is 6.12. The van der Waals surface area contributed by atoms with Crippen LogP contribution in [0.2, 0.25) is 0 Å². The molecule has 2 amide bonds. The molecule has 0 aliphatic carbocycles. The summed E-state index contributed by atoms with van der Waals surface area (Å²) in [5, 5.41) is 3.37. The number of hydrogen-bond donors (Lipinski definition) is 3. The Hall–Kier alpha value is -3.61. The van der Waals surface area contributed by atoms with Gasteiger partial charge in [0.1, 0.15) is 11.2 Å². The summed E-state index contributed by atoms with van der Waals surface area (Å²) < 4.78 is 5.19. The molecular formula is C25H29N3O4. The number of para-hydroxylation sites is 1. The van der Waals surface area contributed by atoms with Gasteiger partial charge in [-0.2, -0.15) is 0 Å². The number of hydrogen-bond acceptors (Lipinski definition) is 4. The number of nitrogens with two attached hydrogens (primary N) is 1. The Morgan fingerprint density at radius 3 is 2.41 bits per heavy atom. The van der Waals surface area contributed by atoms with E-state index in [4.69, 9.17) is 10.5 Å². The Labute approximate surface area is 187 Å². The van der Waals surface area contributed by atoms with Crippen molar-refractivity contribution < 1.29 is 14.3 Å². The van der Waals surface area contributed by atoms with Gasteiger partial charge in [-0.15, -0.1) is 0 Å². The van der Waals surface area contributed by atoms with Crippen LogP contribution >= 0.6 is 0 Å². The molecule has 0 saturated heterocycles. The minimum Gasteiger partial charge on any atom is -0.443 e. The summed E-state index contributed by atoms with van der Waals surface area (Å²) in [4.78, 5) is 40.1. The lowest BCUT2D eigenvalue weighted by molar-refractivity contribution is 0.0460. The number of fused-ring (bicyclic) bond motifs is 1. The molecule has 0 saturated carbocycles. The zero-order chi connectivity index (χ0) is 23.7. The summed E-state index contributed by atoms with van der Waals surface area (Å²) in [5.74, 6) is -0.493. The summed E-state index contributed by atoms with van der Waals surface area (Å²) >= 11 is 0. The second kappa shape index (κ2) is 8.49. The van der Waals surface area contributed by atoms with Crippen LogP contribution in [0.5, 0.6) is 0 Å². The van der Waals surface area contributed by atoms with Crippen LogP contribution in [0.25, 0.3) is 10.9 Å². The van der Waals surface area contributed by atoms with Crippen LogP contribution in [-0.4, -0.2) is 22.6 Å². The third kappa shape index (κ3) is 5.17. The monoisotopic (exact) mass is 435 g/mol. The van der Waals surface area contributed by atoms with Crippen molar-refractivity contribution in [2.75, 3.05) is 5.32 Å². The van der Waals surface area contributed by atoms with Crippen molar-refractivity contribution in [3.63, 3.8) is 0 Å². The first kappa shape index (κ1) is 23.1. The number of primary amides is 1. The Morgan fingerprint density at radius 2 is 1.75 bits per heavy atom. The average Bonchev–Trinajstić information content (AvgIpc) is 2.66. The van der Waals surface area contributed by atoms with Gasteiger partial charge in [-0.25, -0.2) is 4.79 Å². The van der Waals surface area contributed by atoms with Crippen molar-refractivity contribution in [3.05, 3.63) is 75.6 Å². The molecule has 3 rings (SSSR count). The number of ether oxygens (including phenoxy) is 1. The zero-order valence-electron chi connectivity index (χ0n) is 19.0. The number of aromatic nitrogens is 1. The highest BCUT2D eigenvalue weighted by atomic mass is 16.6. The molecule has 0 unspecified atom stereocenters. The number of H-pyrrole nitrogens is 1. The van der Waals surface area contributed by atoms with Gasteiger partial charge < -0.3 is 20.8 Å². The van der Waals surface area contributed by atoms with E-state index in [-0.39, 0.29) is 16.4 Å². The third-order valence-corrected chi connectivity index (χ3v) is 5.18. The van der Waals surface area contributed by atoms with E-state index in [0.29, 0.717) is 23.0 Å². The highest BCUT2D eigenvalue weighted by molar-refractivity contribution is 6.06. The Bertz CT molecular complexity index is 1240. The van der Waals surface area contributed by atoms with Gasteiger partial charge in [-0.1, -0.05) is 45.0 Å². The fourth-order valence-corrected chi connectivity index (χ4v) is 3.78. The zero-order valence-corrected chi connectivity index (χ0v) is 19.0. The van der Waals surface area contributed by atoms with Crippen LogP contribution in [0.4, 0.5) is 10.5 Å². The number of benzene rings is 2. The number of nitrogens with one attached hydrogen (secondary N) is 2. The molecule has 168 valence electrons. The lowest BCUT2D eigenvalue weighted by atomic mass is 9.84. The maximum atomic E-state index is 13.1. The molecular weight excluding hydrogens is 406 g/mol. The minimum atomic E-state index is -0.842. The third-order valence-electron chi connectivity index (χ3n) is 5.18. The number of rotatable bonds is 5. The molecule has 1 aromatic heterocycles. The predicted octanol–water partition coefficient (Wildman–Crippen LogP) is 4.49. The van der Waals surface area contributed by atoms with Crippen molar-refractivity contribution in [1.82, 2.24) is 4.98 Å². The average molecular weight is 436 g/mol. The maximum Gasteiger partial charge on any atom is 0.405 e. The second-order valence-electron chi connectivity index (χ2n) is 9.52. The predicted molar refractivity (Wildman–Crippen MR) is 126 cm³/mol. The Morgan fingerprint density at radius 1 is 1.06 bits per heavy atom. The highest BCUT2D eigenvalue weighted by Gasteiger charge is 2.25. The quantitative estimate of drug-likeness (QED) is 0.547. The maximum absolute atomic E-state index is 13.1.